The lowest BCUT2D eigenvalue weighted by Crippen LogP contribution is -2.70. The molecule has 8 nitrogen and oxygen atoms in total. The van der Waals surface area contributed by atoms with E-state index in [2.05, 4.69) is 33.0 Å². The van der Waals surface area contributed by atoms with Gasteiger partial charge in [0.05, 0.1) is 44.3 Å². The zero-order valence-corrected chi connectivity index (χ0v) is 27.5. The lowest BCUT2D eigenvalue weighted by molar-refractivity contribution is -0.929. The predicted octanol–water partition coefficient (Wildman–Crippen LogP) is 4.62. The van der Waals surface area contributed by atoms with Gasteiger partial charge in [-0.3, -0.25) is 4.79 Å². The fourth-order valence-electron chi connectivity index (χ4n) is 5.50. The van der Waals surface area contributed by atoms with Crippen LogP contribution in [0.2, 0.25) is 0 Å². The van der Waals surface area contributed by atoms with Crippen molar-refractivity contribution >= 4 is 29.6 Å². The van der Waals surface area contributed by atoms with Crippen molar-refractivity contribution in [1.82, 2.24) is 10.2 Å². The van der Waals surface area contributed by atoms with Crippen LogP contribution in [0.25, 0.3) is 0 Å². The number of ether oxygens (including phenoxy) is 1. The first kappa shape index (κ1) is 36.3. The van der Waals surface area contributed by atoms with Gasteiger partial charge < -0.3 is 29.3 Å². The molecule has 0 aromatic rings. The van der Waals surface area contributed by atoms with E-state index in [1.807, 2.05) is 0 Å². The highest BCUT2D eigenvalue weighted by molar-refractivity contribution is 8.01. The Morgan fingerprint density at radius 3 is 1.82 bits per heavy atom. The summed E-state index contributed by atoms with van der Waals surface area (Å²) in [6.07, 6.45) is 12.1. The number of hydrogen-bond acceptors (Lipinski definition) is 7. The molecular formula is C31H57N3O5S. The highest BCUT2D eigenvalue weighted by Crippen LogP contribution is 2.50. The summed E-state index contributed by atoms with van der Waals surface area (Å²) in [4.78, 5) is 36.5. The Morgan fingerprint density at radius 1 is 1.00 bits per heavy atom. The van der Waals surface area contributed by atoms with Crippen LogP contribution in [-0.2, 0) is 19.1 Å². The van der Waals surface area contributed by atoms with E-state index in [9.17, 15) is 19.5 Å². The minimum Gasteiger partial charge on any atom is -0.548 e. The van der Waals surface area contributed by atoms with E-state index in [1.165, 1.54) is 105 Å². The number of fused-ring (bicyclic) bond motifs is 1. The van der Waals surface area contributed by atoms with Crippen molar-refractivity contribution in [2.75, 3.05) is 26.2 Å². The first-order valence-electron chi connectivity index (χ1n) is 15.5. The van der Waals surface area contributed by atoms with E-state index in [4.69, 9.17) is 4.74 Å². The highest BCUT2D eigenvalue weighted by Gasteiger charge is 2.61. The van der Waals surface area contributed by atoms with Gasteiger partial charge in [-0.05, 0) is 60.3 Å². The van der Waals surface area contributed by atoms with Crippen molar-refractivity contribution in [2.24, 2.45) is 0 Å². The molecular weight excluding hydrogens is 526 g/mol. The molecule has 0 bridgehead atoms. The predicted molar refractivity (Wildman–Crippen MR) is 162 cm³/mol. The van der Waals surface area contributed by atoms with Crippen LogP contribution in [0.1, 0.15) is 114 Å². The van der Waals surface area contributed by atoms with Gasteiger partial charge in [0.25, 0.3) is 0 Å². The number of carboxylic acid groups (broad SMARTS) is 1. The molecule has 0 aliphatic carbocycles. The van der Waals surface area contributed by atoms with Gasteiger partial charge in [-0.2, -0.15) is 0 Å². The number of rotatable bonds is 17. The molecule has 2 fully saturated rings. The van der Waals surface area contributed by atoms with Gasteiger partial charge in [0, 0.05) is 16.5 Å². The third-order valence-electron chi connectivity index (χ3n) is 7.68. The number of nitrogens with zero attached hydrogens (tertiary/aromatic N) is 2. The molecule has 2 aliphatic heterocycles. The van der Waals surface area contributed by atoms with Crippen molar-refractivity contribution in [3.63, 3.8) is 0 Å². The number of amides is 1. The molecule has 0 spiro atoms. The molecule has 0 saturated carbocycles. The Labute approximate surface area is 248 Å². The second-order valence-electron chi connectivity index (χ2n) is 12.2. The summed E-state index contributed by atoms with van der Waals surface area (Å²) in [5.41, 5.74) is 0.504. The Balaban J connectivity index is 0.000000421. The SMILES string of the molecule is CC(=CC(=O)OC(C)C)N[C@@H]1C(=O)N2[C@@H]1SC(C)(C)[C@@H]2C(=O)[O-].CCCC[N+](CCCC)(CCCC)CCCC. The van der Waals surface area contributed by atoms with Crippen molar-refractivity contribution in [3.05, 3.63) is 11.8 Å². The number of allylic oxidation sites excluding steroid dienone is 1. The first-order valence-corrected chi connectivity index (χ1v) is 16.4. The van der Waals surface area contributed by atoms with Gasteiger partial charge in [0.15, 0.2) is 0 Å². The Bertz CT molecular complexity index is 807. The molecule has 2 heterocycles. The molecule has 232 valence electrons. The van der Waals surface area contributed by atoms with Crippen LogP contribution in [0.5, 0.6) is 0 Å². The van der Waals surface area contributed by atoms with Gasteiger partial charge >= 0.3 is 5.97 Å². The Hall–Kier alpha value is -1.74. The van der Waals surface area contributed by atoms with Gasteiger partial charge in [-0.1, -0.05) is 53.4 Å². The number of β-lactam (4-membered cyclic amide) rings is 1. The second kappa shape index (κ2) is 17.3. The fraction of sp³-hybridized carbons (Fsp3) is 0.839. The molecule has 0 aromatic heterocycles. The van der Waals surface area contributed by atoms with E-state index >= 15 is 0 Å². The van der Waals surface area contributed by atoms with Crippen LogP contribution in [0.4, 0.5) is 0 Å². The van der Waals surface area contributed by atoms with E-state index < -0.39 is 28.8 Å². The summed E-state index contributed by atoms with van der Waals surface area (Å²) in [5, 5.41) is 14.0. The smallest absolute Gasteiger partial charge is 0.332 e. The molecule has 2 saturated heterocycles. The number of nitrogens with one attached hydrogen (secondary N) is 1. The van der Waals surface area contributed by atoms with Crippen LogP contribution in [0.3, 0.4) is 0 Å². The van der Waals surface area contributed by atoms with Crippen LogP contribution in [-0.4, -0.2) is 81.7 Å². The average molecular weight is 584 g/mol. The molecule has 3 atom stereocenters. The van der Waals surface area contributed by atoms with Gasteiger partial charge in [0.1, 0.15) is 11.4 Å². The molecule has 40 heavy (non-hydrogen) atoms. The summed E-state index contributed by atoms with van der Waals surface area (Å²) >= 11 is 1.42. The number of carbonyl (C=O) groups is 3. The molecule has 9 heteroatoms. The number of carbonyl (C=O) groups excluding carboxylic acids is 3. The van der Waals surface area contributed by atoms with Crippen molar-refractivity contribution < 1.29 is 28.7 Å². The standard InChI is InChI=1S/C16H36N.C15H22N2O5S/c1-5-9-13-17(14-10-6-2,15-11-7-3)16-12-8-4;1-7(2)22-9(18)6-8(3)16-10-12(19)17-11(14(20)21)15(4,5)23-13(10)17/h5-16H2,1-4H3;6-7,10-11,13,16H,1-5H3,(H,20,21)/q+1;/p-1/t;10-,11+,13-/m.1/s1. The van der Waals surface area contributed by atoms with Gasteiger partial charge in [0.2, 0.25) is 5.91 Å². The zero-order chi connectivity index (χ0) is 30.5. The summed E-state index contributed by atoms with van der Waals surface area (Å²) in [7, 11) is 0. The maximum absolute atomic E-state index is 12.3. The van der Waals surface area contributed by atoms with Gasteiger partial charge in [-0.15, -0.1) is 11.8 Å². The highest BCUT2D eigenvalue weighted by atomic mass is 32.2. The lowest BCUT2D eigenvalue weighted by Gasteiger charge is -2.45. The van der Waals surface area contributed by atoms with E-state index in [0.717, 1.165) is 0 Å². The molecule has 0 aromatic carbocycles. The topological polar surface area (TPSA) is 98.8 Å². The lowest BCUT2D eigenvalue weighted by atomic mass is 9.96. The van der Waals surface area contributed by atoms with Crippen LogP contribution in [0, 0.1) is 0 Å². The maximum Gasteiger partial charge on any atom is 0.332 e. The second-order valence-corrected chi connectivity index (χ2v) is 13.9. The molecule has 1 amide bonds. The Kier molecular flexibility index (Phi) is 15.7. The number of unbranched alkanes of at least 4 members (excludes halogenated alkanes) is 4. The van der Waals surface area contributed by atoms with Crippen LogP contribution >= 0.6 is 11.8 Å². The summed E-state index contributed by atoms with van der Waals surface area (Å²) in [6, 6.07) is -1.50. The number of esters is 1. The third kappa shape index (κ3) is 10.6. The summed E-state index contributed by atoms with van der Waals surface area (Å²) < 4.78 is 5.81. The van der Waals surface area contributed by atoms with Crippen LogP contribution in [0.15, 0.2) is 11.8 Å². The number of aliphatic carboxylic acids is 1. The number of hydrogen-bond donors (Lipinski definition) is 1. The van der Waals surface area contributed by atoms with E-state index in [0.29, 0.717) is 5.70 Å². The molecule has 0 radical (unpaired) electrons. The molecule has 2 rings (SSSR count). The fourth-order valence-corrected chi connectivity index (χ4v) is 7.12. The molecule has 1 N–H and O–H groups in total. The van der Waals surface area contributed by atoms with E-state index in [1.54, 1.807) is 34.6 Å². The summed E-state index contributed by atoms with van der Waals surface area (Å²) in [5.74, 6) is -2.03. The number of thioether (sulfide) groups is 1. The average Bonchev–Trinajstić information content (AvgIpc) is 3.14. The number of quaternary nitrogens is 1. The van der Waals surface area contributed by atoms with Crippen molar-refractivity contribution in [2.45, 2.75) is 142 Å². The van der Waals surface area contributed by atoms with E-state index in [-0.39, 0.29) is 17.4 Å². The third-order valence-corrected chi connectivity index (χ3v) is 9.25. The largest absolute Gasteiger partial charge is 0.548 e. The first-order chi connectivity index (χ1) is 18.8. The summed E-state index contributed by atoms with van der Waals surface area (Å²) in [6.45, 7) is 23.7. The monoisotopic (exact) mass is 583 g/mol. The number of carboxylic acids is 1. The zero-order valence-electron chi connectivity index (χ0n) is 26.7. The van der Waals surface area contributed by atoms with Crippen molar-refractivity contribution in [1.29, 1.82) is 0 Å². The minimum atomic E-state index is -1.25. The van der Waals surface area contributed by atoms with Crippen LogP contribution < -0.4 is 10.4 Å². The van der Waals surface area contributed by atoms with Crippen molar-refractivity contribution in [3.8, 4) is 0 Å². The Morgan fingerprint density at radius 2 is 1.45 bits per heavy atom. The maximum atomic E-state index is 12.3. The molecule has 2 aliphatic rings. The quantitative estimate of drug-likeness (QED) is 0.116. The minimum absolute atomic E-state index is 0.220. The normalized spacial score (nSPS) is 21.9. The molecule has 0 unspecified atom stereocenters. The van der Waals surface area contributed by atoms with Gasteiger partial charge in [-0.25, -0.2) is 4.79 Å².